The molecule has 1 fully saturated rings. The standard InChI is InChI=1S/C32H33F2N3O4/c1-35-17-18-36(21-35)16-2-3-19-41-26-12-13-27(30(39)20-26)31-28(14-15-29(38)22-4-6-23(33)7-5-22)32(40)37(31)25-10-8-24(34)9-11-25/h4-13,17-18,20-21,28-29,31,38H,2-3,14-16,19H2,1H3/p+1/t28-,29+,31-/m1/s1. The molecule has 214 valence electrons. The molecule has 2 heterocycles. The summed E-state index contributed by atoms with van der Waals surface area (Å²) >= 11 is 0. The summed E-state index contributed by atoms with van der Waals surface area (Å²) < 4.78 is 36.9. The van der Waals surface area contributed by atoms with Crippen molar-refractivity contribution in [3.63, 3.8) is 0 Å². The van der Waals surface area contributed by atoms with Crippen LogP contribution < -0.4 is 14.2 Å². The van der Waals surface area contributed by atoms with Gasteiger partial charge >= 0.3 is 0 Å². The van der Waals surface area contributed by atoms with E-state index in [1.54, 1.807) is 23.1 Å². The maximum atomic E-state index is 13.6. The van der Waals surface area contributed by atoms with E-state index in [-0.39, 0.29) is 23.9 Å². The lowest BCUT2D eigenvalue weighted by molar-refractivity contribution is -0.671. The molecule has 0 radical (unpaired) electrons. The fourth-order valence-corrected chi connectivity index (χ4v) is 5.35. The van der Waals surface area contributed by atoms with Crippen LogP contribution >= 0.6 is 0 Å². The maximum Gasteiger partial charge on any atom is 0.243 e. The first-order chi connectivity index (χ1) is 19.8. The molecule has 1 amide bonds. The Kier molecular flexibility index (Phi) is 8.64. The Morgan fingerprint density at radius 3 is 2.37 bits per heavy atom. The van der Waals surface area contributed by atoms with Gasteiger partial charge in [-0.3, -0.25) is 4.79 Å². The summed E-state index contributed by atoms with van der Waals surface area (Å²) in [6.07, 6.45) is 7.58. The zero-order chi connectivity index (χ0) is 28.9. The molecular formula is C32H34F2N3O4+. The Balaban J connectivity index is 1.26. The lowest BCUT2D eigenvalue weighted by Crippen LogP contribution is -2.55. The van der Waals surface area contributed by atoms with Crippen LogP contribution in [0.3, 0.4) is 0 Å². The number of carbonyl (C=O) groups excluding carboxylic acids is 1. The molecule has 1 aliphatic heterocycles. The molecule has 1 aromatic heterocycles. The highest BCUT2D eigenvalue weighted by Crippen LogP contribution is 2.49. The molecular weight excluding hydrogens is 528 g/mol. The van der Waals surface area contributed by atoms with Crippen molar-refractivity contribution >= 4 is 11.6 Å². The van der Waals surface area contributed by atoms with Crippen LogP contribution in [0.15, 0.2) is 85.5 Å². The summed E-state index contributed by atoms with van der Waals surface area (Å²) in [7, 11) is 1.98. The zero-order valence-electron chi connectivity index (χ0n) is 22.9. The number of amides is 1. The van der Waals surface area contributed by atoms with Crippen LogP contribution in [0.1, 0.15) is 49.0 Å². The monoisotopic (exact) mass is 562 g/mol. The second-order valence-electron chi connectivity index (χ2n) is 10.5. The predicted octanol–water partition coefficient (Wildman–Crippen LogP) is 5.37. The average Bonchev–Trinajstić information content (AvgIpc) is 3.38. The molecule has 5 rings (SSSR count). The number of phenols is 1. The molecule has 0 spiro atoms. The van der Waals surface area contributed by atoms with Gasteiger partial charge in [-0.05, 0) is 79.8 Å². The fraction of sp³-hybridized carbons (Fsp3) is 0.312. The van der Waals surface area contributed by atoms with E-state index in [9.17, 15) is 23.8 Å². The van der Waals surface area contributed by atoms with Gasteiger partial charge in [-0.1, -0.05) is 12.1 Å². The molecule has 3 atom stereocenters. The largest absolute Gasteiger partial charge is 0.507 e. The Morgan fingerprint density at radius 2 is 1.71 bits per heavy atom. The number of unbranched alkanes of at least 4 members (excludes halogenated alkanes) is 1. The van der Waals surface area contributed by atoms with Crippen molar-refractivity contribution in [2.75, 3.05) is 11.5 Å². The van der Waals surface area contributed by atoms with E-state index in [2.05, 4.69) is 4.57 Å². The fourth-order valence-electron chi connectivity index (χ4n) is 5.35. The first kappa shape index (κ1) is 28.3. The van der Waals surface area contributed by atoms with Gasteiger partial charge in [-0.2, -0.15) is 0 Å². The minimum absolute atomic E-state index is 0.00367. The number of halogens is 2. The van der Waals surface area contributed by atoms with Gasteiger partial charge in [0.2, 0.25) is 12.2 Å². The SMILES string of the molecule is C[n+]1ccn(CCCCOc2ccc([C@@H]3[C@@H](CC[C@H](O)c4ccc(F)cc4)C(=O)N3c3ccc(F)cc3)c(O)c2)c1. The molecule has 3 aromatic carbocycles. The number of nitrogens with zero attached hydrogens (tertiary/aromatic N) is 3. The number of β-lactam (4-membered cyclic amide) rings is 1. The first-order valence-electron chi connectivity index (χ1n) is 13.8. The van der Waals surface area contributed by atoms with Gasteiger partial charge in [0.1, 0.15) is 35.5 Å². The maximum absolute atomic E-state index is 13.6. The van der Waals surface area contributed by atoms with Gasteiger partial charge in [0.25, 0.3) is 0 Å². The Labute approximate surface area is 237 Å². The van der Waals surface area contributed by atoms with E-state index in [0.717, 1.165) is 19.4 Å². The van der Waals surface area contributed by atoms with Gasteiger partial charge in [0.05, 0.1) is 38.3 Å². The number of imidazole rings is 1. The molecule has 0 aliphatic carbocycles. The third kappa shape index (κ3) is 6.57. The number of anilines is 1. The van der Waals surface area contributed by atoms with Crippen LogP contribution in [0.25, 0.3) is 0 Å². The Morgan fingerprint density at radius 1 is 1.00 bits per heavy atom. The van der Waals surface area contributed by atoms with E-state index in [4.69, 9.17) is 4.74 Å². The topological polar surface area (TPSA) is 78.8 Å². The molecule has 1 aliphatic rings. The number of rotatable bonds is 12. The molecule has 4 aromatic rings. The van der Waals surface area contributed by atoms with Crippen LogP contribution in [-0.4, -0.2) is 27.3 Å². The van der Waals surface area contributed by atoms with Gasteiger partial charge in [-0.15, -0.1) is 0 Å². The third-order valence-corrected chi connectivity index (χ3v) is 7.55. The lowest BCUT2D eigenvalue weighted by atomic mass is 9.78. The van der Waals surface area contributed by atoms with Crippen molar-refractivity contribution in [3.8, 4) is 11.5 Å². The highest BCUT2D eigenvalue weighted by atomic mass is 19.1. The molecule has 7 nitrogen and oxygen atoms in total. The molecule has 2 N–H and O–H groups in total. The second kappa shape index (κ2) is 12.5. The zero-order valence-corrected chi connectivity index (χ0v) is 22.9. The van der Waals surface area contributed by atoms with E-state index < -0.39 is 23.9 Å². The minimum Gasteiger partial charge on any atom is -0.507 e. The van der Waals surface area contributed by atoms with Crippen molar-refractivity contribution in [2.45, 2.75) is 44.4 Å². The number of hydrogen-bond donors (Lipinski definition) is 2. The molecule has 0 saturated carbocycles. The summed E-state index contributed by atoms with van der Waals surface area (Å²) in [5.74, 6) is -0.965. The quantitative estimate of drug-likeness (QED) is 0.138. The molecule has 0 unspecified atom stereocenters. The van der Waals surface area contributed by atoms with E-state index in [1.165, 1.54) is 48.5 Å². The number of aryl methyl sites for hydroxylation is 2. The van der Waals surface area contributed by atoms with Crippen LogP contribution in [0.4, 0.5) is 14.5 Å². The number of benzene rings is 3. The number of phenolic OH excluding ortho intramolecular Hbond substituents is 1. The van der Waals surface area contributed by atoms with Crippen molar-refractivity contribution in [3.05, 3.63) is 108 Å². The molecule has 41 heavy (non-hydrogen) atoms. The number of aliphatic hydroxyl groups is 1. The molecule has 9 heteroatoms. The van der Waals surface area contributed by atoms with Crippen LogP contribution in [-0.2, 0) is 18.4 Å². The number of hydrogen-bond acceptors (Lipinski definition) is 4. The summed E-state index contributed by atoms with van der Waals surface area (Å²) in [6.45, 7) is 1.39. The lowest BCUT2D eigenvalue weighted by Gasteiger charge is -2.48. The second-order valence-corrected chi connectivity index (χ2v) is 10.5. The molecule has 1 saturated heterocycles. The number of ether oxygens (including phenoxy) is 1. The van der Waals surface area contributed by atoms with E-state index in [0.29, 0.717) is 35.6 Å². The van der Waals surface area contributed by atoms with Gasteiger partial charge in [-0.25, -0.2) is 17.9 Å². The van der Waals surface area contributed by atoms with Crippen LogP contribution in [0, 0.1) is 17.6 Å². The predicted molar refractivity (Wildman–Crippen MR) is 149 cm³/mol. The average molecular weight is 563 g/mol. The summed E-state index contributed by atoms with van der Waals surface area (Å²) in [6, 6.07) is 15.8. The molecule has 0 bridgehead atoms. The summed E-state index contributed by atoms with van der Waals surface area (Å²) in [5.41, 5.74) is 1.63. The van der Waals surface area contributed by atoms with Gasteiger partial charge in [0, 0.05) is 17.3 Å². The van der Waals surface area contributed by atoms with Gasteiger partial charge < -0.3 is 19.8 Å². The highest BCUT2D eigenvalue weighted by molar-refractivity contribution is 6.03. The Bertz CT molecular complexity index is 1470. The van der Waals surface area contributed by atoms with Crippen molar-refractivity contribution in [2.24, 2.45) is 13.0 Å². The summed E-state index contributed by atoms with van der Waals surface area (Å²) in [4.78, 5) is 14.8. The number of carbonyl (C=O) groups is 1. The van der Waals surface area contributed by atoms with Crippen LogP contribution in [0.2, 0.25) is 0 Å². The smallest absolute Gasteiger partial charge is 0.243 e. The van der Waals surface area contributed by atoms with Gasteiger partial charge in [0.15, 0.2) is 0 Å². The van der Waals surface area contributed by atoms with Crippen molar-refractivity contribution in [1.82, 2.24) is 4.57 Å². The third-order valence-electron chi connectivity index (χ3n) is 7.55. The first-order valence-corrected chi connectivity index (χ1v) is 13.8. The van der Waals surface area contributed by atoms with E-state index in [1.807, 2.05) is 30.3 Å². The van der Waals surface area contributed by atoms with Crippen molar-refractivity contribution in [1.29, 1.82) is 0 Å². The van der Waals surface area contributed by atoms with Crippen molar-refractivity contribution < 1.29 is 33.1 Å². The van der Waals surface area contributed by atoms with E-state index >= 15 is 0 Å². The summed E-state index contributed by atoms with van der Waals surface area (Å²) in [5, 5.41) is 21.7. The Hall–Kier alpha value is -4.24. The number of aromatic nitrogens is 2. The number of aromatic hydroxyl groups is 1. The van der Waals surface area contributed by atoms with Crippen LogP contribution in [0.5, 0.6) is 11.5 Å². The minimum atomic E-state index is -0.867. The number of aliphatic hydroxyl groups excluding tert-OH is 1. The normalized spacial score (nSPS) is 17.4. The highest BCUT2D eigenvalue weighted by Gasteiger charge is 2.49.